The fourth-order valence-electron chi connectivity index (χ4n) is 2.62. The van der Waals surface area contributed by atoms with E-state index in [-0.39, 0.29) is 17.0 Å². The zero-order valence-corrected chi connectivity index (χ0v) is 18.2. The Labute approximate surface area is 177 Å². The molecule has 0 bridgehead atoms. The summed E-state index contributed by atoms with van der Waals surface area (Å²) >= 11 is 0. The number of anilines is 1. The molecule has 2 aromatic rings. The summed E-state index contributed by atoms with van der Waals surface area (Å²) in [6.45, 7) is 6.59. The average molecular weight is 428 g/mol. The van der Waals surface area contributed by atoms with Crippen molar-refractivity contribution in [3.63, 3.8) is 0 Å². The molecule has 2 rings (SSSR count). The molecule has 0 spiro atoms. The SMILES string of the molecule is C#Cc1cccc(NC(=O)CNC(=O)c2cc(S(=O)(=O)NC(C)(C)C)ccc2C)c1. The lowest BCUT2D eigenvalue weighted by Crippen LogP contribution is -2.40. The number of amides is 2. The molecule has 0 fully saturated rings. The Hall–Kier alpha value is -3.15. The van der Waals surface area contributed by atoms with E-state index in [2.05, 4.69) is 21.3 Å². The minimum absolute atomic E-state index is 0.0243. The van der Waals surface area contributed by atoms with Crippen LogP contribution in [0.3, 0.4) is 0 Å². The van der Waals surface area contributed by atoms with Crippen molar-refractivity contribution in [2.75, 3.05) is 11.9 Å². The molecular formula is C22H25N3O4S. The lowest BCUT2D eigenvalue weighted by molar-refractivity contribution is -0.115. The molecule has 0 aliphatic rings. The minimum Gasteiger partial charge on any atom is -0.343 e. The van der Waals surface area contributed by atoms with E-state index >= 15 is 0 Å². The highest BCUT2D eigenvalue weighted by Gasteiger charge is 2.23. The van der Waals surface area contributed by atoms with E-state index in [1.165, 1.54) is 12.1 Å². The summed E-state index contributed by atoms with van der Waals surface area (Å²) in [6.07, 6.45) is 5.34. The maximum absolute atomic E-state index is 12.6. The first-order valence-electron chi connectivity index (χ1n) is 9.21. The molecule has 30 heavy (non-hydrogen) atoms. The molecule has 158 valence electrons. The molecule has 2 aromatic carbocycles. The van der Waals surface area contributed by atoms with Gasteiger partial charge < -0.3 is 10.6 Å². The largest absolute Gasteiger partial charge is 0.343 e. The smallest absolute Gasteiger partial charge is 0.252 e. The number of hydrogen-bond acceptors (Lipinski definition) is 4. The van der Waals surface area contributed by atoms with Crippen LogP contribution in [-0.2, 0) is 14.8 Å². The predicted molar refractivity (Wildman–Crippen MR) is 117 cm³/mol. The number of benzene rings is 2. The van der Waals surface area contributed by atoms with Crippen molar-refractivity contribution in [3.8, 4) is 12.3 Å². The highest BCUT2D eigenvalue weighted by molar-refractivity contribution is 7.89. The van der Waals surface area contributed by atoms with Crippen LogP contribution in [0.15, 0.2) is 47.4 Å². The van der Waals surface area contributed by atoms with Crippen LogP contribution in [-0.4, -0.2) is 32.3 Å². The third-order valence-corrected chi connectivity index (χ3v) is 5.68. The monoisotopic (exact) mass is 427 g/mol. The van der Waals surface area contributed by atoms with Crippen LogP contribution in [0.2, 0.25) is 0 Å². The Kier molecular flexibility index (Phi) is 7.03. The quantitative estimate of drug-likeness (QED) is 0.616. The van der Waals surface area contributed by atoms with E-state index in [0.29, 0.717) is 16.8 Å². The first-order chi connectivity index (χ1) is 13.9. The molecule has 0 unspecified atom stereocenters. The molecule has 0 saturated carbocycles. The fraction of sp³-hybridized carbons (Fsp3) is 0.273. The molecule has 3 N–H and O–H groups in total. The Morgan fingerprint density at radius 1 is 1.10 bits per heavy atom. The van der Waals surface area contributed by atoms with Gasteiger partial charge in [-0.1, -0.05) is 18.1 Å². The van der Waals surface area contributed by atoms with Gasteiger partial charge in [0, 0.05) is 22.4 Å². The summed E-state index contributed by atoms with van der Waals surface area (Å²) in [5.74, 6) is 1.49. The van der Waals surface area contributed by atoms with Crippen LogP contribution in [0.5, 0.6) is 0 Å². The maximum Gasteiger partial charge on any atom is 0.252 e. The van der Waals surface area contributed by atoms with Gasteiger partial charge in [0.15, 0.2) is 0 Å². The van der Waals surface area contributed by atoms with Crippen molar-refractivity contribution in [1.82, 2.24) is 10.0 Å². The number of nitrogens with one attached hydrogen (secondary N) is 3. The normalized spacial score (nSPS) is 11.4. The van der Waals surface area contributed by atoms with Crippen molar-refractivity contribution in [2.45, 2.75) is 38.1 Å². The molecular weight excluding hydrogens is 402 g/mol. The van der Waals surface area contributed by atoms with Crippen LogP contribution in [0.1, 0.15) is 42.3 Å². The number of hydrogen-bond donors (Lipinski definition) is 3. The number of sulfonamides is 1. The van der Waals surface area contributed by atoms with Gasteiger partial charge in [0.1, 0.15) is 0 Å². The Balaban J connectivity index is 2.09. The Morgan fingerprint density at radius 2 is 1.80 bits per heavy atom. The molecule has 0 radical (unpaired) electrons. The molecule has 0 aliphatic heterocycles. The van der Waals surface area contributed by atoms with Gasteiger partial charge >= 0.3 is 0 Å². The third-order valence-electron chi connectivity index (χ3n) is 3.93. The molecule has 0 aliphatic carbocycles. The van der Waals surface area contributed by atoms with E-state index in [9.17, 15) is 18.0 Å². The van der Waals surface area contributed by atoms with Crippen molar-refractivity contribution in [2.24, 2.45) is 0 Å². The maximum atomic E-state index is 12.6. The van der Waals surface area contributed by atoms with Crippen molar-refractivity contribution < 1.29 is 18.0 Å². The van der Waals surface area contributed by atoms with E-state index in [1.54, 1.807) is 58.0 Å². The van der Waals surface area contributed by atoms with Crippen molar-refractivity contribution in [1.29, 1.82) is 0 Å². The first-order valence-corrected chi connectivity index (χ1v) is 10.7. The summed E-state index contributed by atoms with van der Waals surface area (Å²) in [4.78, 5) is 24.7. The Bertz CT molecular complexity index is 1110. The zero-order chi connectivity index (χ0) is 22.5. The Morgan fingerprint density at radius 3 is 2.43 bits per heavy atom. The van der Waals surface area contributed by atoms with Crippen LogP contribution in [0.25, 0.3) is 0 Å². The topological polar surface area (TPSA) is 104 Å². The number of carbonyl (C=O) groups is 2. The van der Waals surface area contributed by atoms with Crippen LogP contribution in [0, 0.1) is 19.3 Å². The zero-order valence-electron chi connectivity index (χ0n) is 17.4. The van der Waals surface area contributed by atoms with Gasteiger partial charge in [0.2, 0.25) is 15.9 Å². The van der Waals surface area contributed by atoms with Gasteiger partial charge in [-0.25, -0.2) is 13.1 Å². The van der Waals surface area contributed by atoms with E-state index in [4.69, 9.17) is 6.42 Å². The van der Waals surface area contributed by atoms with Crippen LogP contribution >= 0.6 is 0 Å². The van der Waals surface area contributed by atoms with Gasteiger partial charge in [-0.3, -0.25) is 9.59 Å². The second-order valence-corrected chi connectivity index (χ2v) is 9.47. The highest BCUT2D eigenvalue weighted by Crippen LogP contribution is 2.18. The summed E-state index contributed by atoms with van der Waals surface area (Å²) in [5.41, 5.74) is 1.23. The summed E-state index contributed by atoms with van der Waals surface area (Å²) in [6, 6.07) is 11.1. The van der Waals surface area contributed by atoms with E-state index in [0.717, 1.165) is 0 Å². The van der Waals surface area contributed by atoms with Crippen LogP contribution in [0.4, 0.5) is 5.69 Å². The average Bonchev–Trinajstić information content (AvgIpc) is 2.64. The summed E-state index contributed by atoms with van der Waals surface area (Å²) in [5, 5.41) is 5.15. The second kappa shape index (κ2) is 9.11. The predicted octanol–water partition coefficient (Wildman–Crippen LogP) is 2.42. The lowest BCUT2D eigenvalue weighted by Gasteiger charge is -2.20. The molecule has 0 heterocycles. The van der Waals surface area contributed by atoms with Gasteiger partial charge in [0.25, 0.3) is 5.91 Å². The number of carbonyl (C=O) groups excluding carboxylic acids is 2. The number of terminal acetylenes is 1. The molecule has 8 heteroatoms. The van der Waals surface area contributed by atoms with Gasteiger partial charge in [-0.2, -0.15) is 0 Å². The standard InChI is InChI=1S/C22H25N3O4S/c1-6-16-8-7-9-17(12-16)24-20(26)14-23-21(27)19-13-18(11-10-15(19)2)30(28,29)25-22(3,4)5/h1,7-13,25H,14H2,2-5H3,(H,23,27)(H,24,26). The molecule has 0 saturated heterocycles. The summed E-state index contributed by atoms with van der Waals surface area (Å²) < 4.78 is 27.6. The second-order valence-electron chi connectivity index (χ2n) is 7.79. The van der Waals surface area contributed by atoms with Crippen molar-refractivity contribution >= 4 is 27.5 Å². The van der Waals surface area contributed by atoms with Crippen molar-refractivity contribution in [3.05, 3.63) is 59.2 Å². The molecule has 0 aromatic heterocycles. The number of aryl methyl sites for hydroxylation is 1. The number of rotatable bonds is 6. The molecule has 2 amide bonds. The van der Waals surface area contributed by atoms with Crippen LogP contribution < -0.4 is 15.4 Å². The molecule has 7 nitrogen and oxygen atoms in total. The summed E-state index contributed by atoms with van der Waals surface area (Å²) in [7, 11) is -3.79. The third kappa shape index (κ3) is 6.44. The van der Waals surface area contributed by atoms with Gasteiger partial charge in [-0.05, 0) is 63.6 Å². The first kappa shape index (κ1) is 23.1. The molecule has 0 atom stereocenters. The van der Waals surface area contributed by atoms with Gasteiger partial charge in [0.05, 0.1) is 11.4 Å². The van der Waals surface area contributed by atoms with Gasteiger partial charge in [-0.15, -0.1) is 6.42 Å². The van der Waals surface area contributed by atoms with E-state index < -0.39 is 27.4 Å². The fourth-order valence-corrected chi connectivity index (χ4v) is 4.07. The lowest BCUT2D eigenvalue weighted by atomic mass is 10.1. The van der Waals surface area contributed by atoms with E-state index in [1.807, 2.05) is 0 Å². The highest BCUT2D eigenvalue weighted by atomic mass is 32.2. The minimum atomic E-state index is -3.79.